The largest absolute Gasteiger partial charge is 0.507 e. The average molecular weight is 294 g/mol. The molecule has 6 heteroatoms. The number of phenols is 2. The van der Waals surface area contributed by atoms with Gasteiger partial charge in [-0.15, -0.1) is 0 Å². The van der Waals surface area contributed by atoms with Crippen LogP contribution in [0.5, 0.6) is 11.5 Å². The van der Waals surface area contributed by atoms with E-state index in [1.807, 2.05) is 0 Å². The van der Waals surface area contributed by atoms with Crippen molar-refractivity contribution in [3.05, 3.63) is 23.8 Å². The van der Waals surface area contributed by atoms with Crippen LogP contribution in [-0.4, -0.2) is 58.9 Å². The average Bonchev–Trinajstić information content (AvgIpc) is 2.47. The highest BCUT2D eigenvalue weighted by atomic mass is 16.3. The molecule has 0 aromatic heterocycles. The van der Waals surface area contributed by atoms with Crippen LogP contribution in [0.4, 0.5) is 0 Å². The minimum Gasteiger partial charge on any atom is -0.507 e. The lowest BCUT2D eigenvalue weighted by Gasteiger charge is -2.31. The Morgan fingerprint density at radius 2 is 2.05 bits per heavy atom. The predicted octanol–water partition coefficient (Wildman–Crippen LogP) is 0.532. The molecule has 1 aliphatic heterocycles. The SMILES string of the molecule is O=C(NCCN1CCC[C@@H](CO)C1)c1c(O)cccc1O. The van der Waals surface area contributed by atoms with Gasteiger partial charge in [0.2, 0.25) is 0 Å². The molecule has 1 aliphatic rings. The number of carbonyl (C=O) groups excluding carboxylic acids is 1. The van der Waals surface area contributed by atoms with Crippen molar-refractivity contribution >= 4 is 5.91 Å². The summed E-state index contributed by atoms with van der Waals surface area (Å²) in [5, 5.41) is 31.1. The topological polar surface area (TPSA) is 93.0 Å². The Morgan fingerprint density at radius 1 is 1.33 bits per heavy atom. The third-order valence-corrected chi connectivity index (χ3v) is 3.82. The van der Waals surface area contributed by atoms with Crippen molar-refractivity contribution in [3.8, 4) is 11.5 Å². The number of aliphatic hydroxyl groups is 1. The van der Waals surface area contributed by atoms with Crippen LogP contribution in [0.1, 0.15) is 23.2 Å². The summed E-state index contributed by atoms with van der Waals surface area (Å²) < 4.78 is 0. The molecule has 1 fully saturated rings. The van der Waals surface area contributed by atoms with Crippen molar-refractivity contribution in [2.45, 2.75) is 12.8 Å². The van der Waals surface area contributed by atoms with Crippen molar-refractivity contribution < 1.29 is 20.1 Å². The molecule has 6 nitrogen and oxygen atoms in total. The third-order valence-electron chi connectivity index (χ3n) is 3.82. The zero-order chi connectivity index (χ0) is 15.2. The van der Waals surface area contributed by atoms with Gasteiger partial charge in [-0.2, -0.15) is 0 Å². The molecule has 1 aromatic carbocycles. The van der Waals surface area contributed by atoms with Crippen LogP contribution in [0.25, 0.3) is 0 Å². The summed E-state index contributed by atoms with van der Waals surface area (Å²) in [6.45, 7) is 3.14. The lowest BCUT2D eigenvalue weighted by atomic mass is 9.99. The highest BCUT2D eigenvalue weighted by molar-refractivity contribution is 5.99. The number of hydrogen-bond acceptors (Lipinski definition) is 5. The van der Waals surface area contributed by atoms with E-state index < -0.39 is 5.91 Å². The normalized spacial score (nSPS) is 19.4. The van der Waals surface area contributed by atoms with Crippen LogP contribution in [-0.2, 0) is 0 Å². The van der Waals surface area contributed by atoms with E-state index >= 15 is 0 Å². The van der Waals surface area contributed by atoms with Crippen molar-refractivity contribution in [1.29, 1.82) is 0 Å². The minimum absolute atomic E-state index is 0.0932. The zero-order valence-electron chi connectivity index (χ0n) is 12.0. The molecule has 1 atom stereocenters. The second-order valence-corrected chi connectivity index (χ2v) is 5.42. The van der Waals surface area contributed by atoms with Crippen molar-refractivity contribution in [1.82, 2.24) is 10.2 Å². The number of aliphatic hydroxyl groups excluding tert-OH is 1. The summed E-state index contributed by atoms with van der Waals surface area (Å²) in [7, 11) is 0. The second kappa shape index (κ2) is 7.28. The van der Waals surface area contributed by atoms with E-state index in [1.54, 1.807) is 0 Å². The third kappa shape index (κ3) is 4.09. The molecule has 4 N–H and O–H groups in total. The van der Waals surface area contributed by atoms with Crippen molar-refractivity contribution in [3.63, 3.8) is 0 Å². The number of aromatic hydroxyl groups is 2. The maximum Gasteiger partial charge on any atom is 0.258 e. The molecule has 0 bridgehead atoms. The van der Waals surface area contributed by atoms with Gasteiger partial charge in [-0.25, -0.2) is 0 Å². The summed E-state index contributed by atoms with van der Waals surface area (Å²) in [5.74, 6) is -0.630. The summed E-state index contributed by atoms with van der Waals surface area (Å²) in [4.78, 5) is 14.2. The minimum atomic E-state index is -0.485. The summed E-state index contributed by atoms with van der Waals surface area (Å²) >= 11 is 0. The lowest BCUT2D eigenvalue weighted by molar-refractivity contribution is 0.0925. The van der Waals surface area contributed by atoms with Gasteiger partial charge in [-0.05, 0) is 37.4 Å². The van der Waals surface area contributed by atoms with Crippen molar-refractivity contribution in [2.75, 3.05) is 32.8 Å². The number of amides is 1. The molecule has 0 saturated carbocycles. The van der Waals surface area contributed by atoms with Gasteiger partial charge in [0.15, 0.2) is 0 Å². The Balaban J connectivity index is 1.82. The van der Waals surface area contributed by atoms with E-state index in [-0.39, 0.29) is 23.7 Å². The second-order valence-electron chi connectivity index (χ2n) is 5.42. The van der Waals surface area contributed by atoms with E-state index in [4.69, 9.17) is 0 Å². The van der Waals surface area contributed by atoms with Gasteiger partial charge in [-0.1, -0.05) is 6.07 Å². The van der Waals surface area contributed by atoms with Crippen LogP contribution < -0.4 is 5.32 Å². The van der Waals surface area contributed by atoms with Gasteiger partial charge in [0.05, 0.1) is 0 Å². The first-order valence-corrected chi connectivity index (χ1v) is 7.24. The fourth-order valence-electron chi connectivity index (χ4n) is 2.68. The Morgan fingerprint density at radius 3 is 2.71 bits per heavy atom. The Kier molecular flexibility index (Phi) is 5.41. The maximum atomic E-state index is 12.0. The quantitative estimate of drug-likeness (QED) is 0.636. The fourth-order valence-corrected chi connectivity index (χ4v) is 2.68. The lowest BCUT2D eigenvalue weighted by Crippen LogP contribution is -2.41. The summed E-state index contributed by atoms with van der Waals surface area (Å²) in [5.41, 5.74) is -0.0932. The van der Waals surface area contributed by atoms with Crippen LogP contribution in [0.3, 0.4) is 0 Å². The molecular formula is C15H22N2O4. The molecule has 1 aromatic rings. The highest BCUT2D eigenvalue weighted by Crippen LogP contribution is 2.25. The zero-order valence-corrected chi connectivity index (χ0v) is 12.0. The molecule has 1 amide bonds. The Bertz CT molecular complexity index is 472. The number of hydrogen-bond donors (Lipinski definition) is 4. The molecule has 0 aliphatic carbocycles. The molecular weight excluding hydrogens is 272 g/mol. The molecule has 0 spiro atoms. The molecule has 1 heterocycles. The number of phenolic OH excluding ortho intramolecular Hbond substituents is 2. The van der Waals surface area contributed by atoms with E-state index in [2.05, 4.69) is 10.2 Å². The highest BCUT2D eigenvalue weighted by Gasteiger charge is 2.20. The van der Waals surface area contributed by atoms with E-state index in [1.165, 1.54) is 18.2 Å². The monoisotopic (exact) mass is 294 g/mol. The summed E-state index contributed by atoms with van der Waals surface area (Å²) in [6.07, 6.45) is 2.10. The number of carbonyl (C=O) groups is 1. The van der Waals surface area contributed by atoms with E-state index in [9.17, 15) is 20.1 Å². The summed E-state index contributed by atoms with van der Waals surface area (Å²) in [6, 6.07) is 4.21. The molecule has 0 radical (unpaired) electrons. The molecule has 1 saturated heterocycles. The van der Waals surface area contributed by atoms with Gasteiger partial charge in [-0.3, -0.25) is 4.79 Å². The molecule has 0 unspecified atom stereocenters. The number of piperidine rings is 1. The number of likely N-dealkylation sites (tertiary alicyclic amines) is 1. The van der Waals surface area contributed by atoms with Gasteiger partial charge in [0, 0.05) is 26.2 Å². The van der Waals surface area contributed by atoms with Gasteiger partial charge < -0.3 is 25.5 Å². The standard InChI is InChI=1S/C15H22N2O4/c18-10-11-3-2-7-17(9-11)8-6-16-15(21)14-12(19)4-1-5-13(14)20/h1,4-5,11,18-20H,2-3,6-10H2,(H,16,21)/t11-/m1/s1. The van der Waals surface area contributed by atoms with E-state index in [0.717, 1.165) is 25.9 Å². The number of benzene rings is 1. The first-order chi connectivity index (χ1) is 10.1. The first-order valence-electron chi connectivity index (χ1n) is 7.24. The van der Waals surface area contributed by atoms with Gasteiger partial charge in [0.1, 0.15) is 17.1 Å². The molecule has 116 valence electrons. The van der Waals surface area contributed by atoms with Crippen LogP contribution in [0.2, 0.25) is 0 Å². The number of rotatable bonds is 5. The first kappa shape index (κ1) is 15.6. The van der Waals surface area contributed by atoms with Gasteiger partial charge >= 0.3 is 0 Å². The maximum absolute atomic E-state index is 12.0. The van der Waals surface area contributed by atoms with Crippen LogP contribution in [0.15, 0.2) is 18.2 Å². The smallest absolute Gasteiger partial charge is 0.258 e. The van der Waals surface area contributed by atoms with Crippen LogP contribution >= 0.6 is 0 Å². The van der Waals surface area contributed by atoms with Crippen molar-refractivity contribution in [2.24, 2.45) is 5.92 Å². The predicted molar refractivity (Wildman–Crippen MR) is 78.4 cm³/mol. The number of nitrogens with one attached hydrogen (secondary N) is 1. The Labute approximate surface area is 124 Å². The van der Waals surface area contributed by atoms with Gasteiger partial charge in [0.25, 0.3) is 5.91 Å². The Hall–Kier alpha value is -1.79. The fraction of sp³-hybridized carbons (Fsp3) is 0.533. The van der Waals surface area contributed by atoms with E-state index in [0.29, 0.717) is 19.0 Å². The molecule has 21 heavy (non-hydrogen) atoms. The molecule has 2 rings (SSSR count). The van der Waals surface area contributed by atoms with Crippen LogP contribution in [0, 0.1) is 5.92 Å². The number of nitrogens with zero attached hydrogens (tertiary/aromatic N) is 1.